The van der Waals surface area contributed by atoms with E-state index in [1.54, 1.807) is 6.07 Å². The summed E-state index contributed by atoms with van der Waals surface area (Å²) in [5.41, 5.74) is 0.135. The first-order valence-corrected chi connectivity index (χ1v) is 8.16. The number of benzene rings is 1. The van der Waals surface area contributed by atoms with Crippen molar-refractivity contribution in [2.24, 2.45) is 11.8 Å². The van der Waals surface area contributed by atoms with Crippen LogP contribution in [-0.2, 0) is 6.18 Å². The van der Waals surface area contributed by atoms with Gasteiger partial charge in [-0.3, -0.25) is 0 Å². The van der Waals surface area contributed by atoms with Gasteiger partial charge in [-0.2, -0.15) is 13.2 Å². The van der Waals surface area contributed by atoms with Crippen molar-refractivity contribution in [3.05, 3.63) is 33.8 Å². The van der Waals surface area contributed by atoms with Crippen LogP contribution in [0.1, 0.15) is 49.8 Å². The maximum absolute atomic E-state index is 13.0. The van der Waals surface area contributed by atoms with Gasteiger partial charge in [-0.1, -0.05) is 41.8 Å². The van der Waals surface area contributed by atoms with Gasteiger partial charge in [-0.05, 0) is 49.4 Å². The molecular weight excluding hydrogens is 343 g/mol. The highest BCUT2D eigenvalue weighted by molar-refractivity contribution is 9.10. The largest absolute Gasteiger partial charge is 0.417 e. The van der Waals surface area contributed by atoms with E-state index in [0.717, 1.165) is 24.8 Å². The molecule has 3 atom stereocenters. The van der Waals surface area contributed by atoms with Crippen molar-refractivity contribution in [2.75, 3.05) is 7.05 Å². The summed E-state index contributed by atoms with van der Waals surface area (Å²) in [5, 5.41) is 3.22. The summed E-state index contributed by atoms with van der Waals surface area (Å²) in [6.07, 6.45) is 0.205. The Morgan fingerprint density at radius 1 is 1.29 bits per heavy atom. The standard InChI is InChI=1S/C16H21BrF3N/c1-10-4-3-5-11(8-10)15(21-2)12-6-7-14(17)13(9-12)16(18,19)20/h6-7,9-11,15,21H,3-5,8H2,1-2H3. The Morgan fingerprint density at radius 3 is 2.57 bits per heavy atom. The minimum absolute atomic E-state index is 0.0121. The Morgan fingerprint density at radius 2 is 2.00 bits per heavy atom. The van der Waals surface area contributed by atoms with Gasteiger partial charge in [0.25, 0.3) is 0 Å². The molecule has 3 unspecified atom stereocenters. The second-order valence-electron chi connectivity index (χ2n) is 6.04. The molecule has 1 aromatic rings. The number of halogens is 4. The van der Waals surface area contributed by atoms with Crippen molar-refractivity contribution in [2.45, 2.75) is 44.8 Å². The van der Waals surface area contributed by atoms with Gasteiger partial charge < -0.3 is 5.32 Å². The SMILES string of the molecule is CNC(c1ccc(Br)c(C(F)(F)F)c1)C1CCCC(C)C1. The summed E-state index contributed by atoms with van der Waals surface area (Å²) in [6.45, 7) is 2.22. The highest BCUT2D eigenvalue weighted by atomic mass is 79.9. The van der Waals surface area contributed by atoms with Crippen molar-refractivity contribution in [3.63, 3.8) is 0 Å². The maximum atomic E-state index is 13.0. The predicted octanol–water partition coefficient (Wildman–Crippen LogP) is 5.55. The van der Waals surface area contributed by atoms with E-state index in [1.807, 2.05) is 7.05 Å². The Balaban J connectivity index is 2.30. The first-order valence-electron chi connectivity index (χ1n) is 7.36. The van der Waals surface area contributed by atoms with Crippen LogP contribution in [0.4, 0.5) is 13.2 Å². The average Bonchev–Trinajstić information content (AvgIpc) is 2.40. The van der Waals surface area contributed by atoms with Crippen LogP contribution in [0.15, 0.2) is 22.7 Å². The molecule has 1 aromatic carbocycles. The molecular formula is C16H21BrF3N. The number of hydrogen-bond acceptors (Lipinski definition) is 1. The fourth-order valence-corrected chi connectivity index (χ4v) is 3.88. The molecule has 0 amide bonds. The molecule has 1 aliphatic rings. The van der Waals surface area contributed by atoms with Gasteiger partial charge in [0.05, 0.1) is 5.56 Å². The van der Waals surface area contributed by atoms with Crippen molar-refractivity contribution in [1.29, 1.82) is 0 Å². The van der Waals surface area contributed by atoms with E-state index in [1.165, 1.54) is 18.6 Å². The first kappa shape index (κ1) is 16.8. The van der Waals surface area contributed by atoms with Crippen LogP contribution in [0.2, 0.25) is 0 Å². The van der Waals surface area contributed by atoms with Gasteiger partial charge in [0.1, 0.15) is 0 Å². The number of rotatable bonds is 3. The quantitative estimate of drug-likeness (QED) is 0.741. The first-order chi connectivity index (χ1) is 9.82. The highest BCUT2D eigenvalue weighted by Crippen LogP contribution is 2.40. The van der Waals surface area contributed by atoms with Crippen LogP contribution in [0, 0.1) is 11.8 Å². The van der Waals surface area contributed by atoms with E-state index >= 15 is 0 Å². The van der Waals surface area contributed by atoms with Gasteiger partial charge in [-0.15, -0.1) is 0 Å². The van der Waals surface area contributed by atoms with E-state index in [9.17, 15) is 13.2 Å². The van der Waals surface area contributed by atoms with Gasteiger partial charge >= 0.3 is 6.18 Å². The molecule has 1 N–H and O–H groups in total. The smallest absolute Gasteiger partial charge is 0.313 e. The van der Waals surface area contributed by atoms with Crippen molar-refractivity contribution >= 4 is 15.9 Å². The molecule has 0 heterocycles. The Kier molecular flexibility index (Phi) is 5.36. The molecule has 1 aliphatic carbocycles. The molecule has 0 aliphatic heterocycles. The van der Waals surface area contributed by atoms with Crippen LogP contribution in [0.5, 0.6) is 0 Å². The molecule has 1 saturated carbocycles. The van der Waals surface area contributed by atoms with Crippen LogP contribution in [-0.4, -0.2) is 7.05 Å². The lowest BCUT2D eigenvalue weighted by Gasteiger charge is -2.33. The molecule has 0 spiro atoms. The third-order valence-electron chi connectivity index (χ3n) is 4.41. The molecule has 2 rings (SSSR count). The van der Waals surface area contributed by atoms with Crippen LogP contribution in [0.3, 0.4) is 0 Å². The summed E-state index contributed by atoms with van der Waals surface area (Å²) in [4.78, 5) is 0. The van der Waals surface area contributed by atoms with E-state index in [2.05, 4.69) is 28.2 Å². The second kappa shape index (κ2) is 6.69. The molecule has 0 saturated heterocycles. The average molecular weight is 364 g/mol. The zero-order valence-electron chi connectivity index (χ0n) is 12.3. The van der Waals surface area contributed by atoms with Crippen LogP contribution >= 0.6 is 15.9 Å². The molecule has 1 nitrogen and oxygen atoms in total. The maximum Gasteiger partial charge on any atom is 0.417 e. The molecule has 118 valence electrons. The molecule has 0 aromatic heterocycles. The summed E-state index contributed by atoms with van der Waals surface area (Å²) >= 11 is 3.00. The van der Waals surface area contributed by atoms with Crippen molar-refractivity contribution in [1.82, 2.24) is 5.32 Å². The lowest BCUT2D eigenvalue weighted by atomic mass is 9.76. The molecule has 1 fully saturated rings. The van der Waals surface area contributed by atoms with E-state index < -0.39 is 11.7 Å². The molecule has 5 heteroatoms. The predicted molar refractivity (Wildman–Crippen MR) is 82.1 cm³/mol. The summed E-state index contributed by atoms with van der Waals surface area (Å²) in [7, 11) is 1.83. The third kappa shape index (κ3) is 4.01. The number of nitrogens with one attached hydrogen (secondary N) is 1. The van der Waals surface area contributed by atoms with Gasteiger partial charge in [-0.25, -0.2) is 0 Å². The minimum atomic E-state index is -4.33. The van der Waals surface area contributed by atoms with Crippen LogP contribution in [0.25, 0.3) is 0 Å². The fraction of sp³-hybridized carbons (Fsp3) is 0.625. The monoisotopic (exact) mass is 363 g/mol. The topological polar surface area (TPSA) is 12.0 Å². The second-order valence-corrected chi connectivity index (χ2v) is 6.89. The lowest BCUT2D eigenvalue weighted by Crippen LogP contribution is -2.29. The zero-order chi connectivity index (χ0) is 15.6. The number of hydrogen-bond donors (Lipinski definition) is 1. The molecule has 21 heavy (non-hydrogen) atoms. The summed E-state index contributed by atoms with van der Waals surface area (Å²) in [5.74, 6) is 1.05. The van der Waals surface area contributed by atoms with E-state index in [0.29, 0.717) is 11.8 Å². The van der Waals surface area contributed by atoms with Gasteiger partial charge in [0, 0.05) is 10.5 Å². The van der Waals surface area contributed by atoms with Crippen LogP contribution < -0.4 is 5.32 Å². The normalized spacial score (nSPS) is 24.9. The Bertz CT molecular complexity index is 487. The van der Waals surface area contributed by atoms with E-state index in [4.69, 9.17) is 0 Å². The number of alkyl halides is 3. The zero-order valence-corrected chi connectivity index (χ0v) is 13.9. The lowest BCUT2D eigenvalue weighted by molar-refractivity contribution is -0.138. The van der Waals surface area contributed by atoms with Gasteiger partial charge in [0.15, 0.2) is 0 Å². The molecule has 0 bridgehead atoms. The third-order valence-corrected chi connectivity index (χ3v) is 5.11. The highest BCUT2D eigenvalue weighted by Gasteiger charge is 2.34. The summed E-state index contributed by atoms with van der Waals surface area (Å²) in [6, 6.07) is 4.57. The minimum Gasteiger partial charge on any atom is -0.313 e. The van der Waals surface area contributed by atoms with Gasteiger partial charge in [0.2, 0.25) is 0 Å². The van der Waals surface area contributed by atoms with Crippen molar-refractivity contribution in [3.8, 4) is 0 Å². The summed E-state index contributed by atoms with van der Waals surface area (Å²) < 4.78 is 39.3. The fourth-order valence-electron chi connectivity index (χ4n) is 3.41. The Labute approximate surface area is 132 Å². The Hall–Kier alpha value is -0.550. The molecule has 0 radical (unpaired) electrons. The van der Waals surface area contributed by atoms with E-state index in [-0.39, 0.29) is 10.5 Å². The van der Waals surface area contributed by atoms with Crippen molar-refractivity contribution < 1.29 is 13.2 Å².